The van der Waals surface area contributed by atoms with Gasteiger partial charge in [-0.25, -0.2) is 12.6 Å². The molecule has 0 aromatic heterocycles. The van der Waals surface area contributed by atoms with E-state index in [4.69, 9.17) is 0 Å². The van der Waals surface area contributed by atoms with Crippen molar-refractivity contribution in [2.45, 2.75) is 9.79 Å². The van der Waals surface area contributed by atoms with Gasteiger partial charge in [-0.1, -0.05) is 36.4 Å². The van der Waals surface area contributed by atoms with E-state index in [0.29, 0.717) is 0 Å². The first-order chi connectivity index (χ1) is 9.03. The zero-order chi connectivity index (χ0) is 13.9. The van der Waals surface area contributed by atoms with Crippen LogP contribution >= 0.6 is 0 Å². The molecule has 0 radical (unpaired) electrons. The fourth-order valence-electron chi connectivity index (χ4n) is 1.38. The minimum atomic E-state index is -4.42. The van der Waals surface area contributed by atoms with Crippen molar-refractivity contribution in [2.24, 2.45) is 0 Å². The summed E-state index contributed by atoms with van der Waals surface area (Å²) in [7, 11) is -6.84. The van der Waals surface area contributed by atoms with Crippen molar-refractivity contribution in [2.75, 3.05) is 0 Å². The molecular formula is C12H10FNO3S2. The van der Waals surface area contributed by atoms with Crippen LogP contribution in [0.1, 0.15) is 0 Å². The van der Waals surface area contributed by atoms with E-state index in [1.165, 1.54) is 36.4 Å². The molecular weight excluding hydrogens is 289 g/mol. The van der Waals surface area contributed by atoms with Crippen molar-refractivity contribution in [1.82, 2.24) is 3.93 Å². The molecule has 0 bridgehead atoms. The van der Waals surface area contributed by atoms with Crippen LogP contribution in [-0.2, 0) is 21.0 Å². The SMILES string of the molecule is O=S(c1ccccc1)N(F)S(=O)(=O)c1ccccc1. The second kappa shape index (κ2) is 5.60. The number of halogens is 1. The van der Waals surface area contributed by atoms with Crippen molar-refractivity contribution >= 4 is 21.0 Å². The van der Waals surface area contributed by atoms with Gasteiger partial charge in [-0.15, -0.1) is 4.48 Å². The lowest BCUT2D eigenvalue weighted by Crippen LogP contribution is -2.25. The lowest BCUT2D eigenvalue weighted by atomic mass is 10.4. The minimum Gasteiger partial charge on any atom is -0.234 e. The molecule has 1 atom stereocenters. The van der Waals surface area contributed by atoms with E-state index >= 15 is 0 Å². The van der Waals surface area contributed by atoms with Crippen molar-refractivity contribution < 1.29 is 17.1 Å². The molecule has 0 heterocycles. The Kier molecular flexibility index (Phi) is 4.08. The lowest BCUT2D eigenvalue weighted by molar-refractivity contribution is 0.263. The third kappa shape index (κ3) is 2.89. The van der Waals surface area contributed by atoms with Gasteiger partial charge in [0.15, 0.2) is 11.0 Å². The van der Waals surface area contributed by atoms with E-state index in [1.807, 2.05) is 0 Å². The van der Waals surface area contributed by atoms with Crippen molar-refractivity contribution in [1.29, 1.82) is 0 Å². The summed E-state index contributed by atoms with van der Waals surface area (Å²) in [5.74, 6) is 0. The molecule has 2 aromatic carbocycles. The van der Waals surface area contributed by atoms with E-state index in [-0.39, 0.29) is 9.79 Å². The summed E-state index contributed by atoms with van der Waals surface area (Å²) in [6.45, 7) is 0. The highest BCUT2D eigenvalue weighted by atomic mass is 32.3. The van der Waals surface area contributed by atoms with Gasteiger partial charge >= 0.3 is 0 Å². The zero-order valence-corrected chi connectivity index (χ0v) is 11.3. The molecule has 100 valence electrons. The smallest absolute Gasteiger partial charge is 0.234 e. The normalized spacial score (nSPS) is 13.4. The molecule has 4 nitrogen and oxygen atoms in total. The average Bonchev–Trinajstić information content (AvgIpc) is 2.47. The summed E-state index contributed by atoms with van der Waals surface area (Å²) in [6, 6.07) is 14.6. The summed E-state index contributed by atoms with van der Waals surface area (Å²) in [6.07, 6.45) is 0. The second-order valence-corrected chi connectivity index (χ2v) is 6.83. The van der Waals surface area contributed by atoms with Gasteiger partial charge in [0.2, 0.25) is 0 Å². The Morgan fingerprint density at radius 2 is 1.37 bits per heavy atom. The van der Waals surface area contributed by atoms with E-state index in [0.717, 1.165) is 0 Å². The first kappa shape index (κ1) is 13.9. The van der Waals surface area contributed by atoms with Gasteiger partial charge in [0.25, 0.3) is 10.0 Å². The first-order valence-corrected chi connectivity index (χ1v) is 7.81. The molecule has 0 aliphatic rings. The second-order valence-electron chi connectivity index (χ2n) is 3.56. The van der Waals surface area contributed by atoms with Crippen LogP contribution in [0.2, 0.25) is 0 Å². The van der Waals surface area contributed by atoms with E-state index in [9.17, 15) is 17.1 Å². The summed E-state index contributed by atoms with van der Waals surface area (Å²) >= 11 is 0. The van der Waals surface area contributed by atoms with Crippen LogP contribution in [0.5, 0.6) is 0 Å². The van der Waals surface area contributed by atoms with Crippen LogP contribution in [0, 0.1) is 0 Å². The van der Waals surface area contributed by atoms with Crippen LogP contribution in [0.4, 0.5) is 4.48 Å². The van der Waals surface area contributed by atoms with E-state index in [1.54, 1.807) is 24.3 Å². The van der Waals surface area contributed by atoms with E-state index in [2.05, 4.69) is 0 Å². The van der Waals surface area contributed by atoms with Gasteiger partial charge in [0, 0.05) is 0 Å². The Morgan fingerprint density at radius 1 is 0.895 bits per heavy atom. The fraction of sp³-hybridized carbons (Fsp3) is 0. The summed E-state index contributed by atoms with van der Waals surface area (Å²) in [5, 5.41) is 0. The number of nitrogens with zero attached hydrogens (tertiary/aromatic N) is 1. The first-order valence-electron chi connectivity index (χ1n) is 5.26. The van der Waals surface area contributed by atoms with Gasteiger partial charge in [-0.3, -0.25) is 0 Å². The van der Waals surface area contributed by atoms with Crippen LogP contribution in [-0.4, -0.2) is 16.6 Å². The molecule has 0 N–H and O–H groups in total. The quantitative estimate of drug-likeness (QED) is 0.814. The summed E-state index contributed by atoms with van der Waals surface area (Å²) < 4.78 is 48.9. The molecule has 0 amide bonds. The lowest BCUT2D eigenvalue weighted by Gasteiger charge is -2.11. The highest BCUT2D eigenvalue weighted by molar-refractivity contribution is 8.01. The molecule has 1 unspecified atom stereocenters. The third-order valence-corrected chi connectivity index (χ3v) is 5.48. The Labute approximate surface area is 113 Å². The number of sulfonamides is 1. The number of hydrogen-bond donors (Lipinski definition) is 0. The molecule has 2 rings (SSSR count). The number of benzene rings is 2. The Hall–Kier alpha value is -1.57. The molecule has 0 spiro atoms. The van der Waals surface area contributed by atoms with Gasteiger partial charge in [0.05, 0.1) is 13.7 Å². The maximum Gasteiger partial charge on any atom is 0.281 e. The topological polar surface area (TPSA) is 54.5 Å². The van der Waals surface area contributed by atoms with Crippen LogP contribution in [0.15, 0.2) is 70.5 Å². The number of rotatable bonds is 4. The molecule has 0 aliphatic heterocycles. The van der Waals surface area contributed by atoms with Gasteiger partial charge in [-0.05, 0) is 24.3 Å². The number of hydrogen-bond acceptors (Lipinski definition) is 3. The molecule has 19 heavy (non-hydrogen) atoms. The maximum atomic E-state index is 13.9. The highest BCUT2D eigenvalue weighted by Gasteiger charge is 2.30. The van der Waals surface area contributed by atoms with Crippen molar-refractivity contribution in [3.63, 3.8) is 0 Å². The minimum absolute atomic E-state index is 0.0736. The van der Waals surface area contributed by atoms with Gasteiger partial charge in [-0.2, -0.15) is 0 Å². The Bertz CT molecular complexity index is 675. The van der Waals surface area contributed by atoms with Crippen LogP contribution in [0.25, 0.3) is 0 Å². The summed E-state index contributed by atoms with van der Waals surface area (Å²) in [4.78, 5) is -0.175. The Balaban J connectivity index is 2.35. The Morgan fingerprint density at radius 3 is 1.89 bits per heavy atom. The van der Waals surface area contributed by atoms with Crippen molar-refractivity contribution in [3.8, 4) is 0 Å². The molecule has 7 heteroatoms. The zero-order valence-electron chi connectivity index (χ0n) is 9.64. The predicted molar refractivity (Wildman–Crippen MR) is 69.4 cm³/mol. The highest BCUT2D eigenvalue weighted by Crippen LogP contribution is 2.21. The van der Waals surface area contributed by atoms with Crippen molar-refractivity contribution in [3.05, 3.63) is 60.7 Å². The molecule has 0 fully saturated rings. The standard InChI is InChI=1S/C12H10FNO3S2/c13-14(18(15)11-7-3-1-4-8-11)19(16,17)12-9-5-2-6-10-12/h1-10H. The van der Waals surface area contributed by atoms with Crippen LogP contribution < -0.4 is 0 Å². The molecule has 0 aliphatic carbocycles. The predicted octanol–water partition coefficient (Wildman–Crippen LogP) is 2.28. The monoisotopic (exact) mass is 299 g/mol. The maximum absolute atomic E-state index is 13.9. The molecule has 0 saturated heterocycles. The summed E-state index contributed by atoms with van der Waals surface area (Å²) in [5.41, 5.74) is 0. The molecule has 0 saturated carbocycles. The van der Waals surface area contributed by atoms with Gasteiger partial charge in [0.1, 0.15) is 0 Å². The van der Waals surface area contributed by atoms with Crippen LogP contribution in [0.3, 0.4) is 0 Å². The average molecular weight is 299 g/mol. The van der Waals surface area contributed by atoms with Gasteiger partial charge < -0.3 is 0 Å². The van der Waals surface area contributed by atoms with E-state index < -0.39 is 24.9 Å². The third-order valence-electron chi connectivity index (χ3n) is 2.31. The fourth-order valence-corrected chi connectivity index (χ4v) is 3.84. The molecule has 2 aromatic rings. The largest absolute Gasteiger partial charge is 0.281 e.